The second-order valence-corrected chi connectivity index (χ2v) is 7.45. The molecule has 0 aliphatic carbocycles. The first-order valence-corrected chi connectivity index (χ1v) is 9.89. The number of aromatic nitrogens is 2. The zero-order valence-electron chi connectivity index (χ0n) is 18.0. The highest BCUT2D eigenvalue weighted by molar-refractivity contribution is 5.84. The molecule has 0 radical (unpaired) electrons. The first-order chi connectivity index (χ1) is 14.5. The summed E-state index contributed by atoms with van der Waals surface area (Å²) in [6.07, 6.45) is 6.83. The van der Waals surface area contributed by atoms with E-state index >= 15 is 0 Å². The molecule has 3 rings (SSSR count). The molecule has 0 unspecified atom stereocenters. The monoisotopic (exact) mass is 400 g/mol. The third-order valence-electron chi connectivity index (χ3n) is 4.65. The summed E-state index contributed by atoms with van der Waals surface area (Å²) in [6, 6.07) is 10.2. The van der Waals surface area contributed by atoms with Crippen molar-refractivity contribution in [2.24, 2.45) is 0 Å². The van der Waals surface area contributed by atoms with Gasteiger partial charge in [0.2, 0.25) is 0 Å². The van der Waals surface area contributed by atoms with E-state index in [1.807, 2.05) is 43.0 Å². The van der Waals surface area contributed by atoms with Crippen LogP contribution in [0.15, 0.2) is 54.6 Å². The topological polar surface area (TPSA) is 68.5 Å². The Balaban J connectivity index is 1.83. The van der Waals surface area contributed by atoms with Crippen LogP contribution >= 0.6 is 0 Å². The standard InChI is InChI=1S/C24H28N6/c1-18-7-8-19(2)20(14-18)9-10-22-17-27-24-23(6-5-12-30(22)24)28-21(15-25)16-26-11-13-29(3)4/h5-8,12,14-17,25-26,28H,11,13H2,1-4H3/b21-16+,25-15?. The molecular weight excluding hydrogens is 372 g/mol. The molecule has 30 heavy (non-hydrogen) atoms. The number of imidazole rings is 1. The summed E-state index contributed by atoms with van der Waals surface area (Å²) in [6.45, 7) is 5.86. The lowest BCUT2D eigenvalue weighted by molar-refractivity contribution is 0.410. The van der Waals surface area contributed by atoms with E-state index in [4.69, 9.17) is 5.41 Å². The number of hydrogen-bond donors (Lipinski definition) is 3. The average Bonchev–Trinajstić information content (AvgIpc) is 3.14. The van der Waals surface area contributed by atoms with Crippen molar-refractivity contribution >= 4 is 17.5 Å². The largest absolute Gasteiger partial charge is 0.388 e. The van der Waals surface area contributed by atoms with Gasteiger partial charge in [0.15, 0.2) is 5.65 Å². The van der Waals surface area contributed by atoms with E-state index in [0.29, 0.717) is 5.70 Å². The van der Waals surface area contributed by atoms with Crippen molar-refractivity contribution in [3.8, 4) is 11.8 Å². The second kappa shape index (κ2) is 9.77. The minimum Gasteiger partial charge on any atom is -0.388 e. The van der Waals surface area contributed by atoms with Crippen LogP contribution in [0.4, 0.5) is 5.69 Å². The fraction of sp³-hybridized carbons (Fsp3) is 0.250. The average molecular weight is 401 g/mol. The van der Waals surface area contributed by atoms with E-state index in [0.717, 1.165) is 41.2 Å². The number of likely N-dealkylation sites (N-methyl/N-ethyl adjacent to an activating group) is 1. The highest BCUT2D eigenvalue weighted by Gasteiger charge is 2.07. The van der Waals surface area contributed by atoms with Gasteiger partial charge < -0.3 is 20.9 Å². The maximum Gasteiger partial charge on any atom is 0.161 e. The molecule has 0 spiro atoms. The Labute approximate surface area is 178 Å². The Bertz CT molecular complexity index is 1130. The van der Waals surface area contributed by atoms with Gasteiger partial charge in [-0.2, -0.15) is 0 Å². The van der Waals surface area contributed by atoms with Crippen LogP contribution in [0.1, 0.15) is 22.4 Å². The number of nitrogens with one attached hydrogen (secondary N) is 3. The summed E-state index contributed by atoms with van der Waals surface area (Å²) in [5.41, 5.74) is 6.45. The zero-order valence-corrected chi connectivity index (χ0v) is 18.0. The molecule has 6 nitrogen and oxygen atoms in total. The zero-order chi connectivity index (χ0) is 21.5. The number of anilines is 1. The maximum atomic E-state index is 7.69. The fourth-order valence-electron chi connectivity index (χ4n) is 2.94. The Hall–Kier alpha value is -3.56. The summed E-state index contributed by atoms with van der Waals surface area (Å²) in [7, 11) is 4.06. The number of benzene rings is 1. The molecule has 3 aromatic rings. The Morgan fingerprint density at radius 2 is 2.07 bits per heavy atom. The highest BCUT2D eigenvalue weighted by atomic mass is 15.1. The molecule has 0 fully saturated rings. The SMILES string of the molecule is Cc1ccc(C)c(C#Cc2cnc3c(N/C(C=N)=C/NCCN(C)C)cccn23)c1. The molecule has 2 heterocycles. The van der Waals surface area contributed by atoms with Crippen molar-refractivity contribution < 1.29 is 0 Å². The van der Waals surface area contributed by atoms with Gasteiger partial charge in [-0.1, -0.05) is 18.1 Å². The van der Waals surface area contributed by atoms with E-state index in [-0.39, 0.29) is 0 Å². The lowest BCUT2D eigenvalue weighted by Crippen LogP contribution is -2.24. The fourth-order valence-corrected chi connectivity index (χ4v) is 2.94. The lowest BCUT2D eigenvalue weighted by atomic mass is 10.1. The van der Waals surface area contributed by atoms with Crippen LogP contribution in [0.5, 0.6) is 0 Å². The molecule has 6 heteroatoms. The quantitative estimate of drug-likeness (QED) is 0.323. The predicted molar refractivity (Wildman–Crippen MR) is 124 cm³/mol. The number of rotatable bonds is 7. The van der Waals surface area contributed by atoms with E-state index < -0.39 is 0 Å². The molecule has 0 saturated heterocycles. The van der Waals surface area contributed by atoms with Gasteiger partial charge in [-0.05, 0) is 63.2 Å². The van der Waals surface area contributed by atoms with Crippen molar-refractivity contribution in [1.82, 2.24) is 19.6 Å². The normalized spacial score (nSPS) is 11.3. The van der Waals surface area contributed by atoms with Crippen molar-refractivity contribution in [1.29, 1.82) is 5.41 Å². The van der Waals surface area contributed by atoms with E-state index in [9.17, 15) is 0 Å². The number of hydrogen-bond acceptors (Lipinski definition) is 5. The number of fused-ring (bicyclic) bond motifs is 1. The van der Waals surface area contributed by atoms with Crippen LogP contribution in [0.2, 0.25) is 0 Å². The van der Waals surface area contributed by atoms with Gasteiger partial charge in [-0.3, -0.25) is 4.40 Å². The maximum absolute atomic E-state index is 7.69. The molecule has 3 N–H and O–H groups in total. The van der Waals surface area contributed by atoms with Gasteiger partial charge in [0.05, 0.1) is 17.6 Å². The van der Waals surface area contributed by atoms with Crippen molar-refractivity contribution in [2.45, 2.75) is 13.8 Å². The highest BCUT2D eigenvalue weighted by Crippen LogP contribution is 2.18. The van der Waals surface area contributed by atoms with Crippen LogP contribution in [0.3, 0.4) is 0 Å². The van der Waals surface area contributed by atoms with Gasteiger partial charge in [0.25, 0.3) is 0 Å². The molecule has 0 atom stereocenters. The van der Waals surface area contributed by atoms with Crippen LogP contribution in [0, 0.1) is 31.1 Å². The predicted octanol–water partition coefficient (Wildman–Crippen LogP) is 3.41. The van der Waals surface area contributed by atoms with Crippen LogP contribution in [0.25, 0.3) is 5.65 Å². The Morgan fingerprint density at radius 3 is 2.83 bits per heavy atom. The van der Waals surface area contributed by atoms with Crippen molar-refractivity contribution in [2.75, 3.05) is 32.5 Å². The molecule has 2 aromatic heterocycles. The molecule has 154 valence electrons. The number of aryl methyl sites for hydroxylation is 2. The van der Waals surface area contributed by atoms with Gasteiger partial charge in [-0.15, -0.1) is 0 Å². The summed E-state index contributed by atoms with van der Waals surface area (Å²) >= 11 is 0. The number of nitrogens with zero attached hydrogens (tertiary/aromatic N) is 3. The molecular formula is C24H28N6. The van der Waals surface area contributed by atoms with Crippen LogP contribution < -0.4 is 10.6 Å². The van der Waals surface area contributed by atoms with Gasteiger partial charge in [0, 0.05) is 37.3 Å². The number of pyridine rings is 1. The smallest absolute Gasteiger partial charge is 0.161 e. The summed E-state index contributed by atoms with van der Waals surface area (Å²) < 4.78 is 1.96. The molecule has 0 bridgehead atoms. The van der Waals surface area contributed by atoms with E-state index in [2.05, 4.69) is 64.4 Å². The third kappa shape index (κ3) is 5.28. The minimum atomic E-state index is 0.660. The van der Waals surface area contributed by atoms with Gasteiger partial charge in [-0.25, -0.2) is 4.98 Å². The molecule has 0 aliphatic heterocycles. The Kier molecular flexibility index (Phi) is 6.89. The molecule has 0 aliphatic rings. The van der Waals surface area contributed by atoms with Crippen LogP contribution in [-0.2, 0) is 0 Å². The summed E-state index contributed by atoms with van der Waals surface area (Å²) in [5, 5.41) is 14.2. The molecule has 0 saturated carbocycles. The minimum absolute atomic E-state index is 0.660. The molecule has 1 aromatic carbocycles. The first-order valence-electron chi connectivity index (χ1n) is 9.89. The third-order valence-corrected chi connectivity index (χ3v) is 4.65. The Morgan fingerprint density at radius 1 is 1.23 bits per heavy atom. The van der Waals surface area contributed by atoms with Crippen molar-refractivity contribution in [3.63, 3.8) is 0 Å². The summed E-state index contributed by atoms with van der Waals surface area (Å²) in [5.74, 6) is 6.52. The lowest BCUT2D eigenvalue weighted by Gasteiger charge is -2.11. The van der Waals surface area contributed by atoms with Gasteiger partial charge in [0.1, 0.15) is 5.69 Å². The molecule has 0 amide bonds. The van der Waals surface area contributed by atoms with Crippen molar-refractivity contribution in [3.05, 3.63) is 77.0 Å². The van der Waals surface area contributed by atoms with Crippen LogP contribution in [-0.4, -0.2) is 47.7 Å². The first kappa shape index (κ1) is 21.2. The van der Waals surface area contributed by atoms with Gasteiger partial charge >= 0.3 is 0 Å². The second-order valence-electron chi connectivity index (χ2n) is 7.45. The van der Waals surface area contributed by atoms with E-state index in [1.165, 1.54) is 11.8 Å². The summed E-state index contributed by atoms with van der Waals surface area (Å²) in [4.78, 5) is 6.65. The number of allylic oxidation sites excluding steroid dienone is 1. The van der Waals surface area contributed by atoms with E-state index in [1.54, 1.807) is 6.20 Å².